The second kappa shape index (κ2) is 10.3. The Morgan fingerprint density at radius 2 is 1.88 bits per heavy atom. The van der Waals surface area contributed by atoms with E-state index in [0.717, 1.165) is 6.42 Å². The molecule has 0 aliphatic heterocycles. The van der Waals surface area contributed by atoms with Crippen LogP contribution in [0.15, 0.2) is 60.0 Å². The average Bonchev–Trinajstić information content (AvgIpc) is 3.37. The summed E-state index contributed by atoms with van der Waals surface area (Å²) in [7, 11) is -2.39. The quantitative estimate of drug-likeness (QED) is 0.470. The zero-order valence-corrected chi connectivity index (χ0v) is 20.2. The van der Waals surface area contributed by atoms with Crippen molar-refractivity contribution in [3.05, 3.63) is 71.8 Å². The van der Waals surface area contributed by atoms with Gasteiger partial charge in [0.1, 0.15) is 0 Å². The highest BCUT2D eigenvalue weighted by molar-refractivity contribution is 7.91. The monoisotopic (exact) mass is 470 g/mol. The third kappa shape index (κ3) is 5.02. The van der Waals surface area contributed by atoms with Crippen molar-refractivity contribution in [3.8, 4) is 11.1 Å². The van der Waals surface area contributed by atoms with Crippen LogP contribution in [0.25, 0.3) is 11.1 Å². The molecule has 8 heteroatoms. The maximum absolute atomic E-state index is 13.1. The number of ether oxygens (including phenoxy) is 1. The first-order valence-corrected chi connectivity index (χ1v) is 12.6. The predicted octanol–water partition coefficient (Wildman–Crippen LogP) is 4.23. The van der Waals surface area contributed by atoms with Gasteiger partial charge in [-0.05, 0) is 46.7 Å². The van der Waals surface area contributed by atoms with Crippen LogP contribution in [-0.2, 0) is 14.6 Å². The molecule has 0 aliphatic rings. The van der Waals surface area contributed by atoms with Crippen LogP contribution in [0.2, 0.25) is 0 Å². The zero-order valence-electron chi connectivity index (χ0n) is 19.4. The largest absolute Gasteiger partial charge is 0.465 e. The van der Waals surface area contributed by atoms with Crippen LogP contribution in [0.4, 0.5) is 0 Å². The molecule has 0 aliphatic carbocycles. The minimum Gasteiger partial charge on any atom is -0.465 e. The maximum Gasteiger partial charge on any atom is 0.338 e. The molecule has 3 aromatic rings. The van der Waals surface area contributed by atoms with Crippen molar-refractivity contribution in [2.75, 3.05) is 19.5 Å². The first-order chi connectivity index (χ1) is 15.8. The first kappa shape index (κ1) is 24.7. The van der Waals surface area contributed by atoms with Crippen LogP contribution in [-0.4, -0.2) is 48.5 Å². The van der Waals surface area contributed by atoms with Crippen LogP contribution in [0.3, 0.4) is 0 Å². The molecule has 1 heterocycles. The molecular formula is C25H30N2O5S. The number of hydrogen-bond donors (Lipinski definition) is 1. The zero-order chi connectivity index (χ0) is 24.2. The van der Waals surface area contributed by atoms with Crippen molar-refractivity contribution in [2.24, 2.45) is 0 Å². The van der Waals surface area contributed by atoms with E-state index >= 15 is 0 Å². The smallest absolute Gasteiger partial charge is 0.338 e. The Hall–Kier alpha value is -2.97. The fraction of sp³-hybridized carbons (Fsp3) is 0.360. The summed E-state index contributed by atoms with van der Waals surface area (Å²) in [5, 5.41) is 10.1. The number of hydrogen-bond acceptors (Lipinski definition) is 6. The molecule has 0 amide bonds. The Kier molecular flexibility index (Phi) is 7.71. The van der Waals surface area contributed by atoms with Crippen molar-refractivity contribution in [1.29, 1.82) is 0 Å². The SMILES string of the molecule is CCC(C)c1ccc(-c2cc(S(=O)(=O)CC)c(C(CO)n3ccnc3)cc2C(=O)OC)cc1. The molecule has 2 aromatic carbocycles. The molecule has 2 unspecified atom stereocenters. The number of aromatic nitrogens is 2. The van der Waals surface area contributed by atoms with Crippen LogP contribution < -0.4 is 0 Å². The van der Waals surface area contributed by atoms with Crippen molar-refractivity contribution in [3.63, 3.8) is 0 Å². The summed E-state index contributed by atoms with van der Waals surface area (Å²) in [6, 6.07) is 10.1. The van der Waals surface area contributed by atoms with Crippen molar-refractivity contribution < 1.29 is 23.1 Å². The van der Waals surface area contributed by atoms with Crippen molar-refractivity contribution in [2.45, 2.75) is 44.0 Å². The van der Waals surface area contributed by atoms with E-state index < -0.39 is 21.8 Å². The number of carbonyl (C=O) groups excluding carboxylic acids is 1. The summed E-state index contributed by atoms with van der Waals surface area (Å²) in [6.07, 6.45) is 5.69. The van der Waals surface area contributed by atoms with Gasteiger partial charge >= 0.3 is 5.97 Å². The highest BCUT2D eigenvalue weighted by Gasteiger charge is 2.28. The van der Waals surface area contributed by atoms with Gasteiger partial charge in [0, 0.05) is 12.4 Å². The average molecular weight is 471 g/mol. The third-order valence-corrected chi connectivity index (χ3v) is 7.87. The van der Waals surface area contributed by atoms with Gasteiger partial charge in [0.05, 0.1) is 42.3 Å². The number of nitrogens with zero attached hydrogens (tertiary/aromatic N) is 2. The van der Waals surface area contributed by atoms with Crippen LogP contribution in [0.5, 0.6) is 0 Å². The second-order valence-electron chi connectivity index (χ2n) is 7.97. The van der Waals surface area contributed by atoms with E-state index in [4.69, 9.17) is 4.74 Å². The van der Waals surface area contributed by atoms with Gasteiger partial charge in [0.2, 0.25) is 0 Å². The van der Waals surface area contributed by atoms with Crippen molar-refractivity contribution >= 4 is 15.8 Å². The van der Waals surface area contributed by atoms with Crippen LogP contribution >= 0.6 is 0 Å². The summed E-state index contributed by atoms with van der Waals surface area (Å²) >= 11 is 0. The van der Waals surface area contributed by atoms with E-state index in [9.17, 15) is 18.3 Å². The summed E-state index contributed by atoms with van der Waals surface area (Å²) < 4.78 is 32.8. The molecule has 0 saturated heterocycles. The molecule has 33 heavy (non-hydrogen) atoms. The molecule has 0 fully saturated rings. The molecule has 0 bridgehead atoms. The third-order valence-electron chi connectivity index (χ3n) is 6.09. The van der Waals surface area contributed by atoms with Gasteiger partial charge in [-0.15, -0.1) is 0 Å². The Morgan fingerprint density at radius 1 is 1.18 bits per heavy atom. The molecule has 0 spiro atoms. The van der Waals surface area contributed by atoms with Crippen molar-refractivity contribution in [1.82, 2.24) is 9.55 Å². The Morgan fingerprint density at radius 3 is 2.39 bits per heavy atom. The van der Waals surface area contributed by atoms with E-state index in [-0.39, 0.29) is 22.8 Å². The Balaban J connectivity index is 2.30. The van der Waals surface area contributed by atoms with E-state index in [2.05, 4.69) is 18.8 Å². The number of methoxy groups -OCH3 is 1. The molecule has 3 rings (SSSR count). The summed E-state index contributed by atoms with van der Waals surface area (Å²) in [5.74, 6) is -0.315. The van der Waals surface area contributed by atoms with Gasteiger partial charge in [0.15, 0.2) is 9.84 Å². The van der Waals surface area contributed by atoms with Gasteiger partial charge in [-0.2, -0.15) is 0 Å². The lowest BCUT2D eigenvalue weighted by Gasteiger charge is -2.22. The number of aliphatic hydroxyl groups excluding tert-OH is 1. The topological polar surface area (TPSA) is 98.5 Å². The molecule has 0 saturated carbocycles. The summed E-state index contributed by atoms with van der Waals surface area (Å²) in [5.41, 5.74) is 2.90. The normalized spacial score (nSPS) is 13.5. The maximum atomic E-state index is 13.1. The molecule has 176 valence electrons. The lowest BCUT2D eigenvalue weighted by atomic mass is 9.92. The number of benzene rings is 2. The first-order valence-electron chi connectivity index (χ1n) is 10.9. The molecule has 1 N–H and O–H groups in total. The number of aliphatic hydroxyl groups is 1. The highest BCUT2D eigenvalue weighted by Crippen LogP contribution is 2.35. The number of carbonyl (C=O) groups is 1. The standard InChI is InChI=1S/C25H30N2O5S/c1-5-17(3)18-7-9-19(10-8-18)20-14-24(33(30,31)6-2)22(13-21(20)25(29)32-4)23(15-28)27-12-11-26-16-27/h7-14,16-17,23,28H,5-6,15H2,1-4H3. The van der Waals surface area contributed by atoms with E-state index in [1.807, 2.05) is 24.3 Å². The van der Waals surface area contributed by atoms with E-state index in [0.29, 0.717) is 22.6 Å². The molecule has 2 atom stereocenters. The lowest BCUT2D eigenvalue weighted by molar-refractivity contribution is 0.0601. The molecule has 0 radical (unpaired) electrons. The summed E-state index contributed by atoms with van der Waals surface area (Å²) in [4.78, 5) is 16.8. The van der Waals surface area contributed by atoms with E-state index in [1.54, 1.807) is 23.9 Å². The van der Waals surface area contributed by atoms with Crippen LogP contribution in [0, 0.1) is 0 Å². The number of imidazole rings is 1. The molecular weight excluding hydrogens is 440 g/mol. The number of sulfone groups is 1. The van der Waals surface area contributed by atoms with Crippen LogP contribution in [0.1, 0.15) is 60.6 Å². The highest BCUT2D eigenvalue weighted by atomic mass is 32.2. The Bertz CT molecular complexity index is 1200. The lowest BCUT2D eigenvalue weighted by Crippen LogP contribution is -2.19. The predicted molar refractivity (Wildman–Crippen MR) is 127 cm³/mol. The van der Waals surface area contributed by atoms with E-state index in [1.165, 1.54) is 31.1 Å². The number of esters is 1. The summed E-state index contributed by atoms with van der Waals surface area (Å²) in [6.45, 7) is 5.46. The van der Waals surface area contributed by atoms with Gasteiger partial charge in [0.25, 0.3) is 0 Å². The fourth-order valence-corrected chi connectivity index (χ4v) is 5.00. The number of rotatable bonds is 9. The van der Waals surface area contributed by atoms with Gasteiger partial charge in [-0.3, -0.25) is 0 Å². The Labute approximate surface area is 195 Å². The minimum absolute atomic E-state index is 0.0754. The second-order valence-corrected chi connectivity index (χ2v) is 10.2. The van der Waals surface area contributed by atoms with Gasteiger partial charge in [-0.1, -0.05) is 45.0 Å². The molecule has 7 nitrogen and oxygen atoms in total. The van der Waals surface area contributed by atoms with Gasteiger partial charge in [-0.25, -0.2) is 18.2 Å². The fourth-order valence-electron chi connectivity index (χ4n) is 3.83. The minimum atomic E-state index is -3.68. The molecule has 1 aromatic heterocycles. The van der Waals surface area contributed by atoms with Gasteiger partial charge < -0.3 is 14.4 Å².